The molecule has 1 atom stereocenters. The van der Waals surface area contributed by atoms with E-state index in [1.165, 1.54) is 6.92 Å². The molecule has 2 N–H and O–H groups in total. The highest BCUT2D eigenvalue weighted by Gasteiger charge is 2.49. The van der Waals surface area contributed by atoms with Gasteiger partial charge in [-0.1, -0.05) is 49.6 Å². The minimum absolute atomic E-state index is 0.105. The second-order valence-corrected chi connectivity index (χ2v) is 12.5. The first-order valence-electron chi connectivity index (χ1n) is 16.6. The summed E-state index contributed by atoms with van der Waals surface area (Å²) in [5.41, 5.74) is 1.79. The van der Waals surface area contributed by atoms with Gasteiger partial charge in [-0.3, -0.25) is 14.4 Å². The van der Waals surface area contributed by atoms with Crippen LogP contribution in [0.25, 0.3) is 17.0 Å². The van der Waals surface area contributed by atoms with Crippen LogP contribution in [-0.4, -0.2) is 71.7 Å². The largest absolute Gasteiger partial charge is 0.473 e. The summed E-state index contributed by atoms with van der Waals surface area (Å²) in [6.07, 6.45) is 18.5. The monoisotopic (exact) mass is 637 g/mol. The zero-order valence-electron chi connectivity index (χ0n) is 26.9. The molecule has 2 fully saturated rings. The van der Waals surface area contributed by atoms with Crippen molar-refractivity contribution in [3.05, 3.63) is 84.8 Å². The van der Waals surface area contributed by atoms with Crippen LogP contribution in [0.1, 0.15) is 69.4 Å². The van der Waals surface area contributed by atoms with E-state index in [1.807, 2.05) is 64.3 Å². The highest BCUT2D eigenvalue weighted by atomic mass is 16.5. The van der Waals surface area contributed by atoms with Gasteiger partial charge in [0.1, 0.15) is 18.2 Å². The molecule has 3 amide bonds. The zero-order chi connectivity index (χ0) is 32.6. The number of ether oxygens (including phenoxy) is 1. The van der Waals surface area contributed by atoms with E-state index in [-0.39, 0.29) is 17.7 Å². The average molecular weight is 638 g/mol. The molecule has 1 saturated heterocycles. The Morgan fingerprint density at radius 2 is 1.98 bits per heavy atom. The number of hydrogen-bond donors (Lipinski definition) is 2. The maximum atomic E-state index is 14.3. The summed E-state index contributed by atoms with van der Waals surface area (Å²) in [6.45, 7) is 3.58. The van der Waals surface area contributed by atoms with Gasteiger partial charge in [-0.2, -0.15) is 0 Å². The highest BCUT2D eigenvalue weighted by molar-refractivity contribution is 5.96. The Kier molecular flexibility index (Phi) is 9.99. The first kappa shape index (κ1) is 32.0. The molecule has 2 aliphatic rings. The number of likely N-dealkylation sites (tertiary alicyclic amines) is 1. The lowest BCUT2D eigenvalue weighted by Gasteiger charge is -2.46. The molecule has 1 aliphatic carbocycles. The van der Waals surface area contributed by atoms with Gasteiger partial charge >= 0.3 is 0 Å². The van der Waals surface area contributed by atoms with Gasteiger partial charge in [-0.25, -0.2) is 9.97 Å². The SMILES string of the molecule is CC(=O)N1CCCC1C(=O)N(CCCn1ccnc1)C1(C(=O)N/C=C/c2c[nH]c3cnc(OCc4ccccc4)cc23)CCCCC1. The van der Waals surface area contributed by atoms with Gasteiger partial charge in [0.2, 0.25) is 23.6 Å². The predicted octanol–water partition coefficient (Wildman–Crippen LogP) is 5.06. The smallest absolute Gasteiger partial charge is 0.249 e. The molecule has 1 aliphatic heterocycles. The lowest BCUT2D eigenvalue weighted by Crippen LogP contribution is -2.64. The van der Waals surface area contributed by atoms with E-state index in [4.69, 9.17) is 4.74 Å². The van der Waals surface area contributed by atoms with Gasteiger partial charge in [-0.05, 0) is 43.7 Å². The molecular formula is C36H43N7O4. The highest BCUT2D eigenvalue weighted by Crippen LogP contribution is 2.36. The number of carbonyl (C=O) groups is 3. The molecule has 4 heterocycles. The second kappa shape index (κ2) is 14.7. The molecule has 0 bridgehead atoms. The minimum atomic E-state index is -0.998. The van der Waals surface area contributed by atoms with Crippen molar-refractivity contribution in [2.45, 2.75) is 83.0 Å². The third kappa shape index (κ3) is 7.24. The van der Waals surface area contributed by atoms with Crippen molar-refractivity contribution in [1.82, 2.24) is 34.6 Å². The molecule has 0 radical (unpaired) electrons. The summed E-state index contributed by atoms with van der Waals surface area (Å²) in [7, 11) is 0. The minimum Gasteiger partial charge on any atom is -0.473 e. The summed E-state index contributed by atoms with van der Waals surface area (Å²) < 4.78 is 7.92. The number of pyridine rings is 1. The number of H-pyrrole nitrogens is 1. The molecule has 1 aromatic carbocycles. The van der Waals surface area contributed by atoms with Crippen LogP contribution in [0.2, 0.25) is 0 Å². The molecule has 1 saturated carbocycles. The second-order valence-electron chi connectivity index (χ2n) is 12.5. The number of aromatic nitrogens is 4. The number of benzene rings is 1. The Hall–Kier alpha value is -4.93. The maximum absolute atomic E-state index is 14.3. The Morgan fingerprint density at radius 3 is 2.74 bits per heavy atom. The van der Waals surface area contributed by atoms with Crippen LogP contribution in [0.15, 0.2) is 73.7 Å². The van der Waals surface area contributed by atoms with E-state index in [0.717, 1.165) is 47.7 Å². The molecule has 47 heavy (non-hydrogen) atoms. The molecule has 3 aromatic heterocycles. The number of aromatic amines is 1. The predicted molar refractivity (Wildman–Crippen MR) is 179 cm³/mol. The molecule has 6 rings (SSSR count). The number of rotatable bonds is 12. The van der Waals surface area contributed by atoms with Crippen molar-refractivity contribution in [2.24, 2.45) is 0 Å². The van der Waals surface area contributed by atoms with Crippen LogP contribution in [0.5, 0.6) is 5.88 Å². The Balaban J connectivity index is 1.21. The third-order valence-corrected chi connectivity index (χ3v) is 9.47. The van der Waals surface area contributed by atoms with Gasteiger partial charge in [0, 0.05) is 68.4 Å². The number of hydrogen-bond acceptors (Lipinski definition) is 6. The van der Waals surface area contributed by atoms with Crippen molar-refractivity contribution >= 4 is 34.7 Å². The summed E-state index contributed by atoms with van der Waals surface area (Å²) >= 11 is 0. The van der Waals surface area contributed by atoms with E-state index >= 15 is 0 Å². The van der Waals surface area contributed by atoms with Crippen molar-refractivity contribution in [3.8, 4) is 5.88 Å². The third-order valence-electron chi connectivity index (χ3n) is 9.47. The lowest BCUT2D eigenvalue weighted by molar-refractivity contribution is -0.155. The normalized spacial score (nSPS) is 17.6. The number of nitrogens with one attached hydrogen (secondary N) is 2. The van der Waals surface area contributed by atoms with Gasteiger partial charge < -0.3 is 29.4 Å². The number of amides is 3. The van der Waals surface area contributed by atoms with Crippen LogP contribution in [-0.2, 0) is 27.5 Å². The van der Waals surface area contributed by atoms with E-state index in [1.54, 1.807) is 29.8 Å². The van der Waals surface area contributed by atoms with Crippen LogP contribution in [0, 0.1) is 0 Å². The van der Waals surface area contributed by atoms with Crippen LogP contribution in [0.3, 0.4) is 0 Å². The zero-order valence-corrected chi connectivity index (χ0v) is 26.9. The van der Waals surface area contributed by atoms with Crippen molar-refractivity contribution in [2.75, 3.05) is 13.1 Å². The standard InChI is InChI=1S/C36H43N7O4/c1-27(44)42-19-8-12-32(42)34(45)43(20-9-18-41-21-17-37-26-41)36(14-6-3-7-15-36)35(46)38-16-13-29-23-39-31-24-40-33(22-30(29)31)47-25-28-10-4-2-5-11-28/h2,4-5,10-11,13,16-17,21-24,26,32,39H,3,6-9,12,14-15,18-20,25H2,1H3,(H,38,46)/b16-13+. The topological polar surface area (TPSA) is 125 Å². The number of fused-ring (bicyclic) bond motifs is 1. The first-order valence-corrected chi connectivity index (χ1v) is 16.6. The Bertz CT molecular complexity index is 1690. The fourth-order valence-corrected chi connectivity index (χ4v) is 7.02. The summed E-state index contributed by atoms with van der Waals surface area (Å²) in [5.74, 6) is 0.0886. The molecule has 4 aromatic rings. The molecule has 11 heteroatoms. The fraction of sp³-hybridized carbons (Fsp3) is 0.417. The van der Waals surface area contributed by atoms with E-state index in [9.17, 15) is 14.4 Å². The van der Waals surface area contributed by atoms with Crippen LogP contribution >= 0.6 is 0 Å². The first-order chi connectivity index (χ1) is 22.9. The van der Waals surface area contributed by atoms with E-state index < -0.39 is 11.6 Å². The van der Waals surface area contributed by atoms with Crippen LogP contribution in [0.4, 0.5) is 0 Å². The molecule has 11 nitrogen and oxygen atoms in total. The molecule has 1 unspecified atom stereocenters. The Labute approximate surface area is 275 Å². The van der Waals surface area contributed by atoms with E-state index in [2.05, 4.69) is 20.3 Å². The fourth-order valence-electron chi connectivity index (χ4n) is 7.02. The Morgan fingerprint density at radius 1 is 1.15 bits per heavy atom. The lowest BCUT2D eigenvalue weighted by atomic mass is 9.78. The van der Waals surface area contributed by atoms with Crippen molar-refractivity contribution in [1.29, 1.82) is 0 Å². The van der Waals surface area contributed by atoms with Gasteiger partial charge in [0.05, 0.1) is 18.0 Å². The molecular weight excluding hydrogens is 594 g/mol. The summed E-state index contributed by atoms with van der Waals surface area (Å²) in [5, 5.41) is 3.97. The number of imidazole rings is 1. The van der Waals surface area contributed by atoms with Crippen molar-refractivity contribution in [3.63, 3.8) is 0 Å². The summed E-state index contributed by atoms with van der Waals surface area (Å²) in [6, 6.07) is 11.3. The molecule has 0 spiro atoms. The molecule has 246 valence electrons. The van der Waals surface area contributed by atoms with E-state index in [0.29, 0.717) is 57.8 Å². The summed E-state index contributed by atoms with van der Waals surface area (Å²) in [4.78, 5) is 56.3. The quantitative estimate of drug-likeness (QED) is 0.224. The van der Waals surface area contributed by atoms with Crippen LogP contribution < -0.4 is 10.1 Å². The maximum Gasteiger partial charge on any atom is 0.249 e. The average Bonchev–Trinajstić information content (AvgIpc) is 3.88. The number of carbonyl (C=O) groups excluding carboxylic acids is 3. The van der Waals surface area contributed by atoms with Crippen molar-refractivity contribution < 1.29 is 19.1 Å². The van der Waals surface area contributed by atoms with Gasteiger partial charge in [0.25, 0.3) is 0 Å². The van der Waals surface area contributed by atoms with Gasteiger partial charge in [-0.15, -0.1) is 0 Å². The van der Waals surface area contributed by atoms with Gasteiger partial charge in [0.15, 0.2) is 0 Å². The number of aryl methyl sites for hydroxylation is 1. The number of nitrogens with zero attached hydrogens (tertiary/aromatic N) is 5.